The van der Waals surface area contributed by atoms with Gasteiger partial charge in [0.05, 0.1) is 14.2 Å². The first kappa shape index (κ1) is 11.3. The minimum absolute atomic E-state index is 0.0881. The molecule has 0 atom stereocenters. The van der Waals surface area contributed by atoms with Crippen molar-refractivity contribution in [2.45, 2.75) is 6.54 Å². The molecule has 0 spiro atoms. The molecule has 1 aromatic rings. The number of ether oxygens (including phenoxy) is 2. The van der Waals surface area contributed by atoms with Crippen LogP contribution in [0.2, 0.25) is 0 Å². The molecule has 1 heterocycles. The summed E-state index contributed by atoms with van der Waals surface area (Å²) in [5.74, 6) is 0.0320. The number of hydrogen-bond donors (Lipinski definition) is 2. The first-order chi connectivity index (χ1) is 8.17. The smallest absolute Gasteiger partial charge is 0.358 e. The average molecular weight is 235 g/mol. The highest BCUT2D eigenvalue weighted by Gasteiger charge is 2.23. The zero-order valence-corrected chi connectivity index (χ0v) is 9.61. The van der Waals surface area contributed by atoms with E-state index in [1.807, 2.05) is 6.07 Å². The maximum atomic E-state index is 11.4. The van der Waals surface area contributed by atoms with Gasteiger partial charge in [0.15, 0.2) is 11.5 Å². The van der Waals surface area contributed by atoms with Crippen LogP contribution in [0.5, 0.6) is 5.75 Å². The maximum Gasteiger partial charge on any atom is 0.358 e. The van der Waals surface area contributed by atoms with E-state index in [1.165, 1.54) is 7.11 Å². The van der Waals surface area contributed by atoms with Gasteiger partial charge in [0.1, 0.15) is 5.75 Å². The van der Waals surface area contributed by atoms with Crippen molar-refractivity contribution in [1.29, 1.82) is 0 Å². The number of aliphatic hydroxyl groups excluding tert-OH is 1. The van der Waals surface area contributed by atoms with Crippen LogP contribution in [0, 0.1) is 0 Å². The third-order valence-electron chi connectivity index (χ3n) is 2.65. The molecule has 0 saturated heterocycles. The predicted octanol–water partition coefficient (Wildman–Crippen LogP) is 1.20. The van der Waals surface area contributed by atoms with Gasteiger partial charge in [0, 0.05) is 12.1 Å². The Hall–Kier alpha value is -2.17. The Morgan fingerprint density at radius 3 is 2.82 bits per heavy atom. The number of aliphatic hydroxyl groups is 1. The summed E-state index contributed by atoms with van der Waals surface area (Å²) in [5, 5.41) is 12.8. The van der Waals surface area contributed by atoms with E-state index in [4.69, 9.17) is 4.74 Å². The summed E-state index contributed by atoms with van der Waals surface area (Å²) in [6.07, 6.45) is 0. The number of carbonyl (C=O) groups is 1. The SMILES string of the molecule is COC(=O)C1=C(O)c2ccc(OC)cc2CN1. The molecule has 2 rings (SSSR count). The van der Waals surface area contributed by atoms with Crippen molar-refractivity contribution < 1.29 is 19.4 Å². The standard InChI is InChI=1S/C12H13NO4/c1-16-8-3-4-9-7(5-8)6-13-10(11(9)14)12(15)17-2/h3-5,13-14H,6H2,1-2H3. The summed E-state index contributed by atoms with van der Waals surface area (Å²) >= 11 is 0. The molecule has 5 nitrogen and oxygen atoms in total. The Bertz CT molecular complexity index is 493. The Morgan fingerprint density at radius 2 is 2.18 bits per heavy atom. The highest BCUT2D eigenvalue weighted by molar-refractivity contribution is 5.96. The normalized spacial score (nSPS) is 13.8. The summed E-state index contributed by atoms with van der Waals surface area (Å²) in [4.78, 5) is 11.4. The molecule has 1 aliphatic rings. The van der Waals surface area contributed by atoms with E-state index >= 15 is 0 Å². The molecule has 2 N–H and O–H groups in total. The Morgan fingerprint density at radius 1 is 1.41 bits per heavy atom. The summed E-state index contributed by atoms with van der Waals surface area (Å²) in [6, 6.07) is 5.26. The lowest BCUT2D eigenvalue weighted by Crippen LogP contribution is -2.27. The van der Waals surface area contributed by atoms with Crippen molar-refractivity contribution in [3.05, 3.63) is 35.0 Å². The van der Waals surface area contributed by atoms with Gasteiger partial charge < -0.3 is 19.9 Å². The second-order valence-electron chi connectivity index (χ2n) is 3.59. The molecule has 90 valence electrons. The minimum Gasteiger partial charge on any atom is -0.505 e. The van der Waals surface area contributed by atoms with E-state index in [0.717, 1.165) is 5.56 Å². The number of rotatable bonds is 2. The van der Waals surface area contributed by atoms with E-state index < -0.39 is 5.97 Å². The van der Waals surface area contributed by atoms with Crippen LogP contribution in [-0.4, -0.2) is 25.3 Å². The molecule has 1 aliphatic heterocycles. The van der Waals surface area contributed by atoms with Gasteiger partial charge in [0.25, 0.3) is 0 Å². The third kappa shape index (κ3) is 1.91. The van der Waals surface area contributed by atoms with Crippen LogP contribution in [-0.2, 0) is 16.1 Å². The van der Waals surface area contributed by atoms with E-state index in [-0.39, 0.29) is 11.5 Å². The van der Waals surface area contributed by atoms with Crippen molar-refractivity contribution >= 4 is 11.7 Å². The first-order valence-electron chi connectivity index (χ1n) is 5.10. The van der Waals surface area contributed by atoms with Gasteiger partial charge in [-0.15, -0.1) is 0 Å². The molecule has 0 radical (unpaired) electrons. The predicted molar refractivity (Wildman–Crippen MR) is 61.4 cm³/mol. The van der Waals surface area contributed by atoms with Gasteiger partial charge in [-0.25, -0.2) is 4.79 Å². The van der Waals surface area contributed by atoms with Crippen molar-refractivity contribution in [3.63, 3.8) is 0 Å². The van der Waals surface area contributed by atoms with Crippen molar-refractivity contribution in [3.8, 4) is 5.75 Å². The zero-order chi connectivity index (χ0) is 12.4. The van der Waals surface area contributed by atoms with Gasteiger partial charge in [0.2, 0.25) is 0 Å². The Labute approximate surface area is 98.7 Å². The molecular weight excluding hydrogens is 222 g/mol. The molecule has 0 fully saturated rings. The van der Waals surface area contributed by atoms with Crippen molar-refractivity contribution in [2.24, 2.45) is 0 Å². The first-order valence-corrected chi connectivity index (χ1v) is 5.10. The number of fused-ring (bicyclic) bond motifs is 1. The highest BCUT2D eigenvalue weighted by atomic mass is 16.5. The summed E-state index contributed by atoms with van der Waals surface area (Å²) in [6.45, 7) is 0.445. The van der Waals surface area contributed by atoms with Crippen LogP contribution in [0.1, 0.15) is 11.1 Å². The van der Waals surface area contributed by atoms with E-state index in [2.05, 4.69) is 10.1 Å². The fourth-order valence-electron chi connectivity index (χ4n) is 1.75. The van der Waals surface area contributed by atoms with E-state index in [0.29, 0.717) is 17.9 Å². The molecule has 0 amide bonds. The number of carbonyl (C=O) groups excluding carboxylic acids is 1. The fraction of sp³-hybridized carbons (Fsp3) is 0.250. The summed E-state index contributed by atoms with van der Waals surface area (Å²) in [7, 11) is 2.85. The quantitative estimate of drug-likeness (QED) is 0.754. The second kappa shape index (κ2) is 4.37. The molecule has 0 bridgehead atoms. The lowest BCUT2D eigenvalue weighted by atomic mass is 10.0. The largest absolute Gasteiger partial charge is 0.505 e. The summed E-state index contributed by atoms with van der Waals surface area (Å²) < 4.78 is 9.67. The van der Waals surface area contributed by atoms with Gasteiger partial charge in [-0.3, -0.25) is 0 Å². The molecule has 0 unspecified atom stereocenters. The lowest BCUT2D eigenvalue weighted by molar-refractivity contribution is -0.136. The highest BCUT2D eigenvalue weighted by Crippen LogP contribution is 2.27. The fourth-order valence-corrected chi connectivity index (χ4v) is 1.75. The van der Waals surface area contributed by atoms with Crippen LogP contribution >= 0.6 is 0 Å². The molecular formula is C12H13NO4. The van der Waals surface area contributed by atoms with Crippen LogP contribution in [0.4, 0.5) is 0 Å². The van der Waals surface area contributed by atoms with Crippen LogP contribution < -0.4 is 10.1 Å². The Kier molecular flexibility index (Phi) is 2.91. The lowest BCUT2D eigenvalue weighted by Gasteiger charge is -2.20. The number of esters is 1. The maximum absolute atomic E-state index is 11.4. The monoisotopic (exact) mass is 235 g/mol. The van der Waals surface area contributed by atoms with Gasteiger partial charge in [-0.2, -0.15) is 0 Å². The second-order valence-corrected chi connectivity index (χ2v) is 3.59. The number of hydrogen-bond acceptors (Lipinski definition) is 5. The van der Waals surface area contributed by atoms with Crippen molar-refractivity contribution in [1.82, 2.24) is 5.32 Å². The molecule has 0 aliphatic carbocycles. The van der Waals surface area contributed by atoms with Gasteiger partial charge >= 0.3 is 5.97 Å². The third-order valence-corrected chi connectivity index (χ3v) is 2.65. The average Bonchev–Trinajstić information content (AvgIpc) is 2.38. The van der Waals surface area contributed by atoms with Gasteiger partial charge in [-0.05, 0) is 23.8 Å². The van der Waals surface area contributed by atoms with Crippen LogP contribution in [0.25, 0.3) is 5.76 Å². The van der Waals surface area contributed by atoms with E-state index in [1.54, 1.807) is 19.2 Å². The van der Waals surface area contributed by atoms with Gasteiger partial charge in [-0.1, -0.05) is 0 Å². The van der Waals surface area contributed by atoms with Crippen molar-refractivity contribution in [2.75, 3.05) is 14.2 Å². The molecule has 0 aromatic heterocycles. The topological polar surface area (TPSA) is 67.8 Å². The molecule has 5 heteroatoms. The molecule has 1 aromatic carbocycles. The Balaban J connectivity index is 2.46. The number of benzene rings is 1. The van der Waals surface area contributed by atoms with Crippen LogP contribution in [0.3, 0.4) is 0 Å². The molecule has 0 saturated carbocycles. The number of nitrogens with one attached hydrogen (secondary N) is 1. The number of methoxy groups -OCH3 is 2. The zero-order valence-electron chi connectivity index (χ0n) is 9.61. The minimum atomic E-state index is -0.580. The van der Waals surface area contributed by atoms with Crippen LogP contribution in [0.15, 0.2) is 23.9 Å². The molecule has 17 heavy (non-hydrogen) atoms. The summed E-state index contributed by atoms with van der Waals surface area (Å²) in [5.41, 5.74) is 1.57. The van der Waals surface area contributed by atoms with E-state index in [9.17, 15) is 9.90 Å².